The van der Waals surface area contributed by atoms with Crippen LogP contribution < -0.4 is 4.74 Å². The SMILES string of the molecule is COc1c(C(C)(C)CO)ccc(Cl)c1O. The van der Waals surface area contributed by atoms with Gasteiger partial charge in [-0.05, 0) is 6.07 Å². The molecule has 0 fully saturated rings. The van der Waals surface area contributed by atoms with Crippen molar-refractivity contribution in [3.63, 3.8) is 0 Å². The molecular weight excluding hydrogens is 216 g/mol. The summed E-state index contributed by atoms with van der Waals surface area (Å²) in [4.78, 5) is 0. The Bertz CT molecular complexity index is 361. The van der Waals surface area contributed by atoms with Gasteiger partial charge in [0.15, 0.2) is 11.5 Å². The first-order chi connectivity index (χ1) is 6.94. The maximum atomic E-state index is 9.70. The molecule has 0 unspecified atom stereocenters. The largest absolute Gasteiger partial charge is 0.503 e. The number of methoxy groups -OCH3 is 1. The molecule has 0 saturated carbocycles. The van der Waals surface area contributed by atoms with Gasteiger partial charge in [-0.3, -0.25) is 0 Å². The van der Waals surface area contributed by atoms with Gasteiger partial charge in [0.1, 0.15) is 0 Å². The Morgan fingerprint density at radius 3 is 2.47 bits per heavy atom. The summed E-state index contributed by atoms with van der Waals surface area (Å²) in [6.07, 6.45) is 0. The van der Waals surface area contributed by atoms with Crippen molar-refractivity contribution in [1.82, 2.24) is 0 Å². The number of phenolic OH excluding ortho intramolecular Hbond substituents is 1. The van der Waals surface area contributed by atoms with Crippen molar-refractivity contribution in [1.29, 1.82) is 0 Å². The molecule has 1 rings (SSSR count). The molecule has 84 valence electrons. The van der Waals surface area contributed by atoms with Gasteiger partial charge in [-0.1, -0.05) is 31.5 Å². The highest BCUT2D eigenvalue weighted by molar-refractivity contribution is 6.32. The first kappa shape index (κ1) is 12.1. The summed E-state index contributed by atoms with van der Waals surface area (Å²) >= 11 is 5.77. The topological polar surface area (TPSA) is 49.7 Å². The van der Waals surface area contributed by atoms with E-state index in [9.17, 15) is 10.2 Å². The molecule has 0 bridgehead atoms. The lowest BCUT2D eigenvalue weighted by Gasteiger charge is -2.25. The van der Waals surface area contributed by atoms with Crippen LogP contribution in [0, 0.1) is 0 Å². The Morgan fingerprint density at radius 1 is 1.40 bits per heavy atom. The molecule has 1 aromatic carbocycles. The Balaban J connectivity index is 3.37. The number of aromatic hydroxyl groups is 1. The van der Waals surface area contributed by atoms with Crippen molar-refractivity contribution in [2.75, 3.05) is 13.7 Å². The molecule has 3 nitrogen and oxygen atoms in total. The number of aliphatic hydroxyl groups excluding tert-OH is 1. The van der Waals surface area contributed by atoms with E-state index in [0.717, 1.165) is 5.56 Å². The third-order valence-electron chi connectivity index (χ3n) is 2.41. The predicted octanol–water partition coefficient (Wildman–Crippen LogP) is 2.32. The third-order valence-corrected chi connectivity index (χ3v) is 2.72. The van der Waals surface area contributed by atoms with E-state index >= 15 is 0 Å². The molecule has 0 radical (unpaired) electrons. The first-order valence-electron chi connectivity index (χ1n) is 4.61. The molecule has 0 saturated heterocycles. The van der Waals surface area contributed by atoms with Gasteiger partial charge in [0.2, 0.25) is 0 Å². The number of halogens is 1. The van der Waals surface area contributed by atoms with E-state index in [1.807, 2.05) is 13.8 Å². The summed E-state index contributed by atoms with van der Waals surface area (Å²) in [5.41, 5.74) is 0.252. The molecule has 0 aliphatic carbocycles. The Kier molecular flexibility index (Phi) is 3.47. The van der Waals surface area contributed by atoms with Crippen molar-refractivity contribution < 1.29 is 14.9 Å². The van der Waals surface area contributed by atoms with E-state index < -0.39 is 5.41 Å². The Hall–Kier alpha value is -0.930. The standard InChI is InChI=1S/C11H15ClO3/c1-11(2,6-13)7-4-5-8(12)9(14)10(7)15-3/h4-5,13-14H,6H2,1-3H3. The summed E-state index contributed by atoms with van der Waals surface area (Å²) in [6.45, 7) is 3.68. The first-order valence-corrected chi connectivity index (χ1v) is 4.98. The molecule has 0 aliphatic heterocycles. The van der Waals surface area contributed by atoms with Crippen LogP contribution in [-0.4, -0.2) is 23.9 Å². The van der Waals surface area contributed by atoms with Gasteiger partial charge in [-0.25, -0.2) is 0 Å². The van der Waals surface area contributed by atoms with Gasteiger partial charge in [-0.15, -0.1) is 0 Å². The molecular formula is C11H15ClO3. The fraction of sp³-hybridized carbons (Fsp3) is 0.455. The van der Waals surface area contributed by atoms with Gasteiger partial charge in [0, 0.05) is 11.0 Å². The van der Waals surface area contributed by atoms with Crippen molar-refractivity contribution >= 4 is 11.6 Å². The Morgan fingerprint density at radius 2 is 2.00 bits per heavy atom. The summed E-state index contributed by atoms with van der Waals surface area (Å²) < 4.78 is 5.10. The van der Waals surface area contributed by atoms with E-state index in [1.165, 1.54) is 7.11 Å². The molecule has 0 atom stereocenters. The smallest absolute Gasteiger partial charge is 0.177 e. The number of hydrogen-bond donors (Lipinski definition) is 2. The zero-order chi connectivity index (χ0) is 11.6. The van der Waals surface area contributed by atoms with Gasteiger partial charge in [0.25, 0.3) is 0 Å². The molecule has 0 aromatic heterocycles. The van der Waals surface area contributed by atoms with Gasteiger partial charge in [0.05, 0.1) is 18.7 Å². The minimum absolute atomic E-state index is 0.0373. The zero-order valence-electron chi connectivity index (χ0n) is 9.04. The van der Waals surface area contributed by atoms with Crippen LogP contribution in [0.5, 0.6) is 11.5 Å². The van der Waals surface area contributed by atoms with Crippen LogP contribution in [0.15, 0.2) is 12.1 Å². The fourth-order valence-electron chi connectivity index (χ4n) is 1.37. The average Bonchev–Trinajstić information content (AvgIpc) is 2.21. The third kappa shape index (κ3) is 2.19. The van der Waals surface area contributed by atoms with E-state index in [4.69, 9.17) is 16.3 Å². The van der Waals surface area contributed by atoms with Crippen LogP contribution in [-0.2, 0) is 5.41 Å². The highest BCUT2D eigenvalue weighted by Gasteiger charge is 2.26. The van der Waals surface area contributed by atoms with Crippen molar-refractivity contribution in [3.05, 3.63) is 22.7 Å². The highest BCUT2D eigenvalue weighted by atomic mass is 35.5. The van der Waals surface area contributed by atoms with Crippen molar-refractivity contribution in [2.45, 2.75) is 19.3 Å². The maximum absolute atomic E-state index is 9.70. The van der Waals surface area contributed by atoms with Crippen LogP contribution in [0.4, 0.5) is 0 Å². The van der Waals surface area contributed by atoms with E-state index in [2.05, 4.69) is 0 Å². The van der Waals surface area contributed by atoms with E-state index in [1.54, 1.807) is 12.1 Å². The molecule has 0 aliphatic rings. The number of ether oxygens (including phenoxy) is 1. The van der Waals surface area contributed by atoms with Gasteiger partial charge >= 0.3 is 0 Å². The van der Waals surface area contributed by atoms with Crippen LogP contribution in [0.1, 0.15) is 19.4 Å². The monoisotopic (exact) mass is 230 g/mol. The van der Waals surface area contributed by atoms with Crippen LogP contribution in [0.25, 0.3) is 0 Å². The number of benzene rings is 1. The van der Waals surface area contributed by atoms with E-state index in [-0.39, 0.29) is 17.4 Å². The van der Waals surface area contributed by atoms with Crippen LogP contribution in [0.3, 0.4) is 0 Å². The minimum atomic E-state index is -0.479. The summed E-state index contributed by atoms with van der Waals surface area (Å²) in [5.74, 6) is 0.236. The lowest BCUT2D eigenvalue weighted by molar-refractivity contribution is 0.214. The zero-order valence-corrected chi connectivity index (χ0v) is 9.80. The van der Waals surface area contributed by atoms with Gasteiger partial charge in [-0.2, -0.15) is 0 Å². The second-order valence-corrected chi connectivity index (χ2v) is 4.43. The second-order valence-electron chi connectivity index (χ2n) is 4.02. The van der Waals surface area contributed by atoms with Gasteiger partial charge < -0.3 is 14.9 Å². The summed E-state index contributed by atoms with van der Waals surface area (Å²) in [6, 6.07) is 3.34. The lowest BCUT2D eigenvalue weighted by Crippen LogP contribution is -2.22. The quantitative estimate of drug-likeness (QED) is 0.838. The predicted molar refractivity (Wildman–Crippen MR) is 59.8 cm³/mol. The molecule has 2 N–H and O–H groups in total. The second kappa shape index (κ2) is 4.29. The van der Waals surface area contributed by atoms with Crippen LogP contribution >= 0.6 is 11.6 Å². The molecule has 15 heavy (non-hydrogen) atoms. The average molecular weight is 231 g/mol. The highest BCUT2D eigenvalue weighted by Crippen LogP contribution is 2.41. The van der Waals surface area contributed by atoms with E-state index in [0.29, 0.717) is 5.75 Å². The fourth-order valence-corrected chi connectivity index (χ4v) is 1.52. The summed E-state index contributed by atoms with van der Waals surface area (Å²) in [5, 5.41) is 19.2. The summed E-state index contributed by atoms with van der Waals surface area (Å²) in [7, 11) is 1.46. The van der Waals surface area contributed by atoms with Crippen molar-refractivity contribution in [3.8, 4) is 11.5 Å². The molecule has 0 heterocycles. The number of aliphatic hydroxyl groups is 1. The number of hydrogen-bond acceptors (Lipinski definition) is 3. The van der Waals surface area contributed by atoms with Crippen LogP contribution in [0.2, 0.25) is 5.02 Å². The molecule has 0 amide bonds. The molecule has 1 aromatic rings. The number of phenols is 1. The molecule has 0 spiro atoms. The Labute approximate surface area is 94.3 Å². The van der Waals surface area contributed by atoms with Crippen molar-refractivity contribution in [2.24, 2.45) is 0 Å². The lowest BCUT2D eigenvalue weighted by atomic mass is 9.85. The maximum Gasteiger partial charge on any atom is 0.177 e. The minimum Gasteiger partial charge on any atom is -0.503 e. The number of rotatable bonds is 3. The molecule has 4 heteroatoms. The normalized spacial score (nSPS) is 11.5.